The van der Waals surface area contributed by atoms with Gasteiger partial charge in [-0.15, -0.1) is 0 Å². The molecule has 3 atom stereocenters. The number of halogens is 1. The van der Waals surface area contributed by atoms with Gasteiger partial charge < -0.3 is 14.9 Å². The van der Waals surface area contributed by atoms with E-state index in [9.17, 15) is 19.1 Å². The van der Waals surface area contributed by atoms with E-state index < -0.39 is 35.5 Å². The maximum atomic E-state index is 13.0. The summed E-state index contributed by atoms with van der Waals surface area (Å²) in [5.41, 5.74) is -1.96. The van der Waals surface area contributed by atoms with E-state index in [-0.39, 0.29) is 6.42 Å². The third-order valence-corrected chi connectivity index (χ3v) is 2.52. The number of hydrogen-bond donors (Lipinski definition) is 3. The van der Waals surface area contributed by atoms with E-state index in [2.05, 4.69) is 0 Å². The molecule has 0 aliphatic carbocycles. The summed E-state index contributed by atoms with van der Waals surface area (Å²) in [4.78, 5) is 24.0. The van der Waals surface area contributed by atoms with Crippen LogP contribution in [0, 0.1) is 12.4 Å². The fourth-order valence-electron chi connectivity index (χ4n) is 1.66. The average Bonchev–Trinajstić information content (AvgIpc) is 2.65. The van der Waals surface area contributed by atoms with Gasteiger partial charge in [0.15, 0.2) is 0 Å². The minimum Gasteiger partial charge on any atom is -0.390 e. The van der Waals surface area contributed by atoms with E-state index >= 15 is 0 Å². The summed E-state index contributed by atoms with van der Waals surface area (Å²) in [5.74, 6) is -1.13. The number of aromatic amines is 1. The van der Waals surface area contributed by atoms with Gasteiger partial charge in [0.2, 0.25) is 5.82 Å². The van der Waals surface area contributed by atoms with E-state index in [1.54, 1.807) is 4.98 Å². The van der Waals surface area contributed by atoms with Crippen molar-refractivity contribution >= 4 is 0 Å². The molecule has 17 heavy (non-hydrogen) atoms. The molecule has 1 aromatic heterocycles. The Morgan fingerprint density at radius 2 is 2.29 bits per heavy atom. The van der Waals surface area contributed by atoms with E-state index in [0.29, 0.717) is 12.8 Å². The highest BCUT2D eigenvalue weighted by atomic mass is 19.1. The van der Waals surface area contributed by atoms with Crippen LogP contribution in [0.15, 0.2) is 15.8 Å². The Morgan fingerprint density at radius 3 is 2.88 bits per heavy atom. The van der Waals surface area contributed by atoms with Gasteiger partial charge in [-0.1, -0.05) is 0 Å². The van der Waals surface area contributed by atoms with Gasteiger partial charge in [0.1, 0.15) is 18.9 Å². The monoisotopic (exact) mass is 245 g/mol. The average molecular weight is 245 g/mol. The minimum atomic E-state index is -1.13. The van der Waals surface area contributed by atoms with Crippen molar-refractivity contribution in [2.75, 3.05) is 0 Å². The molecule has 0 unspecified atom stereocenters. The lowest BCUT2D eigenvalue weighted by Gasteiger charge is -2.13. The Kier molecular flexibility index (Phi) is 3.09. The van der Waals surface area contributed by atoms with Crippen LogP contribution in [0.1, 0.15) is 12.6 Å². The molecule has 0 spiro atoms. The third-order valence-electron chi connectivity index (χ3n) is 2.52. The zero-order valence-electron chi connectivity index (χ0n) is 8.54. The van der Waals surface area contributed by atoms with Gasteiger partial charge in [0.25, 0.3) is 5.56 Å². The molecular weight excluding hydrogens is 235 g/mol. The SMILES string of the molecule is O=c1[nH]c(=O)n([C@H]2C[C@H](O)[C@@H]([CH]O)O2)cc1F. The normalized spacial score (nSPS) is 28.5. The zero-order valence-corrected chi connectivity index (χ0v) is 8.54. The van der Waals surface area contributed by atoms with Crippen LogP contribution in [-0.2, 0) is 4.74 Å². The molecule has 1 aliphatic rings. The maximum absolute atomic E-state index is 13.0. The topological polar surface area (TPSA) is 105 Å². The molecule has 0 aromatic carbocycles. The summed E-state index contributed by atoms with van der Waals surface area (Å²) in [7, 11) is 0. The van der Waals surface area contributed by atoms with Crippen LogP contribution in [0.3, 0.4) is 0 Å². The van der Waals surface area contributed by atoms with E-state index in [1.807, 2.05) is 0 Å². The lowest BCUT2D eigenvalue weighted by Crippen LogP contribution is -2.33. The summed E-state index contributed by atoms with van der Waals surface area (Å²) in [6.45, 7) is 0.651. The van der Waals surface area contributed by atoms with Crippen LogP contribution in [0.4, 0.5) is 4.39 Å². The number of nitrogens with zero attached hydrogens (tertiary/aromatic N) is 1. The summed E-state index contributed by atoms with van der Waals surface area (Å²) in [5, 5.41) is 18.2. The van der Waals surface area contributed by atoms with Crippen molar-refractivity contribution in [3.8, 4) is 0 Å². The predicted octanol–water partition coefficient (Wildman–Crippen LogP) is -1.14. The van der Waals surface area contributed by atoms with Crippen molar-refractivity contribution < 1.29 is 19.3 Å². The number of aliphatic hydroxyl groups excluding tert-OH is 2. The van der Waals surface area contributed by atoms with E-state index in [0.717, 1.165) is 4.57 Å². The highest BCUT2D eigenvalue weighted by Crippen LogP contribution is 2.28. The maximum Gasteiger partial charge on any atom is 0.330 e. The van der Waals surface area contributed by atoms with Gasteiger partial charge in [-0.3, -0.25) is 14.3 Å². The first-order valence-corrected chi connectivity index (χ1v) is 4.85. The van der Waals surface area contributed by atoms with Gasteiger partial charge in [-0.2, -0.15) is 4.39 Å². The van der Waals surface area contributed by atoms with Crippen molar-refractivity contribution in [1.82, 2.24) is 9.55 Å². The first kappa shape index (κ1) is 12.0. The molecule has 1 radical (unpaired) electrons. The number of hydrogen-bond acceptors (Lipinski definition) is 5. The molecule has 0 bridgehead atoms. The number of rotatable bonds is 2. The fourth-order valence-corrected chi connectivity index (χ4v) is 1.66. The minimum absolute atomic E-state index is 0.00706. The summed E-state index contributed by atoms with van der Waals surface area (Å²) in [6.07, 6.45) is -2.16. The van der Waals surface area contributed by atoms with Crippen molar-refractivity contribution in [1.29, 1.82) is 0 Å². The van der Waals surface area contributed by atoms with Crippen LogP contribution < -0.4 is 11.2 Å². The second kappa shape index (κ2) is 4.40. The summed E-state index contributed by atoms with van der Waals surface area (Å²) in [6, 6.07) is 0. The number of ether oxygens (including phenoxy) is 1. The number of nitrogens with one attached hydrogen (secondary N) is 1. The molecule has 0 saturated carbocycles. The molecule has 3 N–H and O–H groups in total. The second-order valence-electron chi connectivity index (χ2n) is 3.65. The molecule has 2 rings (SSSR count). The number of H-pyrrole nitrogens is 1. The van der Waals surface area contributed by atoms with Gasteiger partial charge >= 0.3 is 5.69 Å². The van der Waals surface area contributed by atoms with Gasteiger partial charge in [-0.05, 0) is 0 Å². The summed E-state index contributed by atoms with van der Waals surface area (Å²) < 4.78 is 18.9. The Bertz CT molecular complexity index is 525. The Morgan fingerprint density at radius 1 is 1.59 bits per heavy atom. The first-order chi connectivity index (χ1) is 8.02. The standard InChI is InChI=1S/C9H10FN2O5/c10-4-2-12(9(16)11-8(4)15)7-1-5(14)6(3-13)17-7/h2-3,5-7,13-14H,1H2,(H,11,15,16)/t5-,6+,7+/m0/s1. The predicted molar refractivity (Wildman–Crippen MR) is 52.1 cm³/mol. The smallest absolute Gasteiger partial charge is 0.330 e. The molecule has 0 amide bonds. The van der Waals surface area contributed by atoms with Crippen LogP contribution in [0.5, 0.6) is 0 Å². The lowest BCUT2D eigenvalue weighted by molar-refractivity contribution is -0.0237. The van der Waals surface area contributed by atoms with Gasteiger partial charge in [-0.25, -0.2) is 4.79 Å². The van der Waals surface area contributed by atoms with E-state index in [4.69, 9.17) is 9.84 Å². The highest BCUT2D eigenvalue weighted by molar-refractivity contribution is 4.92. The summed E-state index contributed by atoms with van der Waals surface area (Å²) >= 11 is 0. The van der Waals surface area contributed by atoms with Crippen LogP contribution in [0.2, 0.25) is 0 Å². The molecular formula is C9H10FN2O5. The van der Waals surface area contributed by atoms with Gasteiger partial charge in [0.05, 0.1) is 12.3 Å². The third kappa shape index (κ3) is 2.14. The first-order valence-electron chi connectivity index (χ1n) is 4.85. The molecule has 1 saturated heterocycles. The zero-order chi connectivity index (χ0) is 12.6. The van der Waals surface area contributed by atoms with Crippen molar-refractivity contribution in [2.45, 2.75) is 24.9 Å². The molecule has 1 fully saturated rings. The highest BCUT2D eigenvalue weighted by Gasteiger charge is 2.35. The number of aliphatic hydroxyl groups is 2. The Hall–Kier alpha value is -1.51. The lowest BCUT2D eigenvalue weighted by atomic mass is 10.2. The fraction of sp³-hybridized carbons (Fsp3) is 0.444. The van der Waals surface area contributed by atoms with Crippen molar-refractivity contribution in [3.05, 3.63) is 39.5 Å². The van der Waals surface area contributed by atoms with E-state index in [1.165, 1.54) is 0 Å². The largest absolute Gasteiger partial charge is 0.390 e. The molecule has 7 nitrogen and oxygen atoms in total. The molecule has 8 heteroatoms. The molecule has 2 heterocycles. The second-order valence-corrected chi connectivity index (χ2v) is 3.65. The number of aromatic nitrogens is 2. The Labute approximate surface area is 94.1 Å². The van der Waals surface area contributed by atoms with Gasteiger partial charge in [0, 0.05) is 6.42 Å². The molecule has 1 aromatic rings. The van der Waals surface area contributed by atoms with Crippen LogP contribution in [-0.4, -0.2) is 32.0 Å². The quantitative estimate of drug-likeness (QED) is 0.610. The van der Waals surface area contributed by atoms with Crippen LogP contribution >= 0.6 is 0 Å². The molecule has 93 valence electrons. The van der Waals surface area contributed by atoms with Crippen molar-refractivity contribution in [2.24, 2.45) is 0 Å². The van der Waals surface area contributed by atoms with Crippen LogP contribution in [0.25, 0.3) is 0 Å². The van der Waals surface area contributed by atoms with Crippen molar-refractivity contribution in [3.63, 3.8) is 0 Å². The Balaban J connectivity index is 2.34. The molecule has 1 aliphatic heterocycles.